The molecule has 0 aliphatic carbocycles. The molecular weight excluding hydrogens is 385 g/mol. The lowest BCUT2D eigenvalue weighted by Gasteiger charge is -2.11. The van der Waals surface area contributed by atoms with Crippen LogP contribution in [0.2, 0.25) is 0 Å². The van der Waals surface area contributed by atoms with Gasteiger partial charge >= 0.3 is 0 Å². The molecule has 3 aromatic rings. The lowest BCUT2D eigenvalue weighted by Crippen LogP contribution is -2.31. The fourth-order valence-electron chi connectivity index (χ4n) is 2.31. The number of thiazole rings is 1. The Kier molecular flexibility index (Phi) is 6.41. The quantitative estimate of drug-likeness (QED) is 0.629. The van der Waals surface area contributed by atoms with Gasteiger partial charge in [0.05, 0.1) is 27.8 Å². The molecule has 1 unspecified atom stereocenters. The zero-order chi connectivity index (χ0) is 19.2. The highest BCUT2D eigenvalue weighted by Gasteiger charge is 2.16. The number of hydrogen-bond donors (Lipinski definition) is 2. The summed E-state index contributed by atoms with van der Waals surface area (Å²) in [6.07, 6.45) is 0. The first-order valence-corrected chi connectivity index (χ1v) is 10.2. The summed E-state index contributed by atoms with van der Waals surface area (Å²) in [5.41, 5.74) is 1.45. The monoisotopic (exact) mass is 403 g/mol. The van der Waals surface area contributed by atoms with Gasteiger partial charge in [0.25, 0.3) is 0 Å². The van der Waals surface area contributed by atoms with E-state index in [-0.39, 0.29) is 28.6 Å². The molecule has 1 atom stereocenters. The molecule has 2 N–H and O–H groups in total. The van der Waals surface area contributed by atoms with Crippen LogP contribution >= 0.6 is 23.1 Å². The molecular formula is C19H18FN3O2S2. The second kappa shape index (κ2) is 8.96. The van der Waals surface area contributed by atoms with Crippen LogP contribution in [0.3, 0.4) is 0 Å². The van der Waals surface area contributed by atoms with Crippen LogP contribution in [0, 0.1) is 5.82 Å². The van der Waals surface area contributed by atoms with Gasteiger partial charge in [0, 0.05) is 5.69 Å². The summed E-state index contributed by atoms with van der Waals surface area (Å²) in [5.74, 6) is -0.611. The summed E-state index contributed by atoms with van der Waals surface area (Å²) >= 11 is 2.79. The fraction of sp³-hybridized carbons (Fsp3) is 0.211. The maximum absolute atomic E-state index is 12.9. The smallest absolute Gasteiger partial charge is 0.234 e. The summed E-state index contributed by atoms with van der Waals surface area (Å²) in [7, 11) is 0. The highest BCUT2D eigenvalue weighted by Crippen LogP contribution is 2.21. The van der Waals surface area contributed by atoms with Crippen LogP contribution in [0.5, 0.6) is 0 Å². The third kappa shape index (κ3) is 5.51. The molecule has 0 radical (unpaired) electrons. The van der Waals surface area contributed by atoms with Gasteiger partial charge in [0.1, 0.15) is 10.8 Å². The van der Waals surface area contributed by atoms with Crippen molar-refractivity contribution in [3.05, 3.63) is 59.4 Å². The first-order valence-electron chi connectivity index (χ1n) is 8.30. The average Bonchev–Trinajstić information content (AvgIpc) is 3.09. The summed E-state index contributed by atoms with van der Waals surface area (Å²) in [6.45, 7) is 2.12. The van der Waals surface area contributed by atoms with Crippen LogP contribution in [-0.2, 0) is 16.1 Å². The zero-order valence-corrected chi connectivity index (χ0v) is 16.2. The molecule has 2 aromatic carbocycles. The zero-order valence-electron chi connectivity index (χ0n) is 14.6. The van der Waals surface area contributed by atoms with Crippen molar-refractivity contribution >= 4 is 50.8 Å². The van der Waals surface area contributed by atoms with Crippen molar-refractivity contribution in [1.82, 2.24) is 10.3 Å². The van der Waals surface area contributed by atoms with Gasteiger partial charge in [0.15, 0.2) is 0 Å². The minimum absolute atomic E-state index is 0.132. The maximum atomic E-state index is 12.9. The third-order valence-corrected chi connectivity index (χ3v) is 5.89. The van der Waals surface area contributed by atoms with E-state index in [2.05, 4.69) is 15.6 Å². The van der Waals surface area contributed by atoms with Crippen LogP contribution in [0.1, 0.15) is 11.9 Å². The van der Waals surface area contributed by atoms with Crippen molar-refractivity contribution in [2.24, 2.45) is 0 Å². The van der Waals surface area contributed by atoms with Gasteiger partial charge < -0.3 is 10.6 Å². The van der Waals surface area contributed by atoms with Crippen LogP contribution in [0.25, 0.3) is 10.2 Å². The Bertz CT molecular complexity index is 911. The number of halogens is 1. The van der Waals surface area contributed by atoms with E-state index in [1.54, 1.807) is 18.3 Å². The first kappa shape index (κ1) is 19.3. The Balaban J connectivity index is 1.43. The number of fused-ring (bicyclic) bond motifs is 1. The number of anilines is 1. The third-order valence-electron chi connectivity index (χ3n) is 3.71. The van der Waals surface area contributed by atoms with Gasteiger partial charge in [-0.25, -0.2) is 9.37 Å². The summed E-state index contributed by atoms with van der Waals surface area (Å²) < 4.78 is 13.9. The van der Waals surface area contributed by atoms with Gasteiger partial charge in [0.2, 0.25) is 11.8 Å². The molecule has 3 rings (SSSR count). The number of carbonyl (C=O) groups is 2. The summed E-state index contributed by atoms with van der Waals surface area (Å²) in [5, 5.41) is 5.99. The van der Waals surface area contributed by atoms with Crippen molar-refractivity contribution in [2.45, 2.75) is 18.7 Å². The standard InChI is InChI=1S/C19H18FN3O2S2/c1-12(26-11-17(24)22-14-8-6-13(20)7-9-14)19(25)21-10-18-23-15-4-2-3-5-16(15)27-18/h2-9,12H,10-11H2,1H3,(H,21,25)(H,22,24). The van der Waals surface area contributed by atoms with E-state index in [1.165, 1.54) is 36.0 Å². The number of nitrogens with zero attached hydrogens (tertiary/aromatic N) is 1. The molecule has 0 aliphatic heterocycles. The molecule has 140 valence electrons. The second-order valence-corrected chi connectivity index (χ2v) is 8.25. The van der Waals surface area contributed by atoms with Gasteiger partial charge in [-0.2, -0.15) is 0 Å². The number of thioether (sulfide) groups is 1. The predicted octanol–water partition coefficient (Wildman–Crippen LogP) is 3.81. The number of rotatable bonds is 7. The largest absolute Gasteiger partial charge is 0.349 e. The van der Waals surface area contributed by atoms with Crippen LogP contribution in [0.4, 0.5) is 10.1 Å². The normalized spacial score (nSPS) is 11.9. The number of carbonyl (C=O) groups excluding carboxylic acids is 2. The molecule has 0 saturated heterocycles. The molecule has 2 amide bonds. The molecule has 0 saturated carbocycles. The Morgan fingerprint density at radius 3 is 2.67 bits per heavy atom. The summed E-state index contributed by atoms with van der Waals surface area (Å²) in [4.78, 5) is 28.6. The number of para-hydroxylation sites is 1. The Labute approximate surface area is 164 Å². The molecule has 0 spiro atoms. The van der Waals surface area contributed by atoms with Crippen molar-refractivity contribution in [3.8, 4) is 0 Å². The van der Waals surface area contributed by atoms with Crippen molar-refractivity contribution in [2.75, 3.05) is 11.1 Å². The van der Waals surface area contributed by atoms with Crippen molar-refractivity contribution in [1.29, 1.82) is 0 Å². The molecule has 0 aliphatic rings. The van der Waals surface area contributed by atoms with Crippen LogP contribution in [0.15, 0.2) is 48.5 Å². The predicted molar refractivity (Wildman–Crippen MR) is 108 cm³/mol. The Morgan fingerprint density at radius 1 is 1.19 bits per heavy atom. The molecule has 27 heavy (non-hydrogen) atoms. The van der Waals surface area contributed by atoms with E-state index in [1.807, 2.05) is 24.3 Å². The minimum atomic E-state index is -0.377. The van der Waals surface area contributed by atoms with Crippen molar-refractivity contribution < 1.29 is 14.0 Å². The highest BCUT2D eigenvalue weighted by atomic mass is 32.2. The van der Waals surface area contributed by atoms with Gasteiger partial charge in [-0.1, -0.05) is 12.1 Å². The van der Waals surface area contributed by atoms with Gasteiger partial charge in [-0.05, 0) is 43.3 Å². The highest BCUT2D eigenvalue weighted by molar-refractivity contribution is 8.01. The van der Waals surface area contributed by atoms with Gasteiger partial charge in [-0.15, -0.1) is 23.1 Å². The van der Waals surface area contributed by atoms with E-state index in [9.17, 15) is 14.0 Å². The number of amides is 2. The SMILES string of the molecule is CC(SCC(=O)Nc1ccc(F)cc1)C(=O)NCc1nc2ccccc2s1. The number of aromatic nitrogens is 1. The molecule has 1 heterocycles. The summed E-state index contributed by atoms with van der Waals surface area (Å²) in [6, 6.07) is 13.4. The van der Waals surface area contributed by atoms with E-state index in [4.69, 9.17) is 0 Å². The lowest BCUT2D eigenvalue weighted by molar-refractivity contribution is -0.120. The Morgan fingerprint density at radius 2 is 1.93 bits per heavy atom. The molecule has 5 nitrogen and oxygen atoms in total. The van der Waals surface area contributed by atoms with Crippen LogP contribution < -0.4 is 10.6 Å². The fourth-order valence-corrected chi connectivity index (χ4v) is 3.92. The minimum Gasteiger partial charge on any atom is -0.349 e. The molecule has 0 fully saturated rings. The topological polar surface area (TPSA) is 71.1 Å². The second-order valence-electron chi connectivity index (χ2n) is 5.80. The molecule has 8 heteroatoms. The van der Waals surface area contributed by atoms with E-state index < -0.39 is 0 Å². The molecule has 1 aromatic heterocycles. The Hall–Kier alpha value is -2.45. The van der Waals surface area contributed by atoms with Crippen molar-refractivity contribution in [3.63, 3.8) is 0 Å². The van der Waals surface area contributed by atoms with E-state index in [0.29, 0.717) is 12.2 Å². The number of nitrogens with one attached hydrogen (secondary N) is 2. The lowest BCUT2D eigenvalue weighted by atomic mass is 10.3. The number of benzene rings is 2. The van der Waals surface area contributed by atoms with E-state index >= 15 is 0 Å². The first-order chi connectivity index (χ1) is 13.0. The van der Waals surface area contributed by atoms with Crippen LogP contribution in [-0.4, -0.2) is 27.8 Å². The maximum Gasteiger partial charge on any atom is 0.234 e. The number of hydrogen-bond acceptors (Lipinski definition) is 5. The van der Waals surface area contributed by atoms with Gasteiger partial charge in [-0.3, -0.25) is 9.59 Å². The average molecular weight is 404 g/mol. The van der Waals surface area contributed by atoms with E-state index in [0.717, 1.165) is 15.2 Å². The molecule has 0 bridgehead atoms.